The summed E-state index contributed by atoms with van der Waals surface area (Å²) in [6, 6.07) is 3.39. The van der Waals surface area contributed by atoms with Crippen LogP contribution in [-0.2, 0) is 10.9 Å². The van der Waals surface area contributed by atoms with E-state index in [0.717, 1.165) is 11.1 Å². The maximum Gasteiger partial charge on any atom is 0.453 e. The Morgan fingerprint density at radius 1 is 1.22 bits per heavy atom. The van der Waals surface area contributed by atoms with Crippen LogP contribution in [0.15, 0.2) is 12.1 Å². The van der Waals surface area contributed by atoms with Crippen LogP contribution in [0.4, 0.5) is 19.0 Å². The van der Waals surface area contributed by atoms with Crippen LogP contribution < -0.4 is 4.90 Å². The van der Waals surface area contributed by atoms with E-state index in [1.165, 1.54) is 6.07 Å². The standard InChI is InChI=1S/C13H15F3N6O/c1-20-4-5-23-9-7-21(6-8(9)20)11-3-2-10-17-18-12(13(14,15)16)22(10)19-11/h2-3,8-9H,4-7H2,1H3. The van der Waals surface area contributed by atoms with Crippen LogP contribution in [-0.4, -0.2) is 70.1 Å². The Hall–Kier alpha value is -1.94. The van der Waals surface area contributed by atoms with Crippen molar-refractivity contribution in [1.29, 1.82) is 0 Å². The molecule has 0 spiro atoms. The Labute approximate surface area is 129 Å². The molecule has 2 aliphatic heterocycles. The second-order valence-corrected chi connectivity index (χ2v) is 5.85. The Balaban J connectivity index is 1.67. The summed E-state index contributed by atoms with van der Waals surface area (Å²) in [5.74, 6) is -0.645. The molecule has 0 amide bonds. The number of fused-ring (bicyclic) bond motifs is 2. The lowest BCUT2D eigenvalue weighted by Gasteiger charge is -2.33. The number of anilines is 1. The first-order valence-electron chi connectivity index (χ1n) is 7.30. The Morgan fingerprint density at radius 3 is 2.78 bits per heavy atom. The third-order valence-corrected chi connectivity index (χ3v) is 4.41. The maximum atomic E-state index is 12.9. The van der Waals surface area contributed by atoms with E-state index in [-0.39, 0.29) is 17.8 Å². The fraction of sp³-hybridized carbons (Fsp3) is 0.615. The Bertz CT molecular complexity index is 732. The number of halogens is 3. The number of nitrogens with zero attached hydrogens (tertiary/aromatic N) is 6. The van der Waals surface area contributed by atoms with E-state index in [1.807, 2.05) is 11.9 Å². The zero-order valence-electron chi connectivity index (χ0n) is 12.4. The molecule has 0 N–H and O–H groups in total. The van der Waals surface area contributed by atoms with E-state index in [0.29, 0.717) is 25.5 Å². The summed E-state index contributed by atoms with van der Waals surface area (Å²) in [7, 11) is 2.03. The first-order valence-corrected chi connectivity index (χ1v) is 7.30. The highest BCUT2D eigenvalue weighted by atomic mass is 19.4. The minimum Gasteiger partial charge on any atom is -0.373 e. The molecule has 0 radical (unpaired) electrons. The van der Waals surface area contributed by atoms with E-state index < -0.39 is 12.0 Å². The highest BCUT2D eigenvalue weighted by Crippen LogP contribution is 2.29. The normalized spacial score (nSPS) is 26.0. The minimum absolute atomic E-state index is 0.0502. The lowest BCUT2D eigenvalue weighted by atomic mass is 10.1. The average molecular weight is 328 g/mol. The largest absolute Gasteiger partial charge is 0.453 e. The van der Waals surface area contributed by atoms with Crippen molar-refractivity contribution in [2.75, 3.05) is 38.2 Å². The van der Waals surface area contributed by atoms with Crippen molar-refractivity contribution >= 4 is 11.5 Å². The molecule has 4 heterocycles. The van der Waals surface area contributed by atoms with Gasteiger partial charge in [0.1, 0.15) is 5.82 Å². The Morgan fingerprint density at radius 2 is 2.04 bits per heavy atom. The van der Waals surface area contributed by atoms with Crippen LogP contribution in [0.1, 0.15) is 5.82 Å². The van der Waals surface area contributed by atoms with Crippen LogP contribution in [0.2, 0.25) is 0 Å². The highest BCUT2D eigenvalue weighted by molar-refractivity contribution is 5.47. The van der Waals surface area contributed by atoms with Gasteiger partial charge in [-0.25, -0.2) is 0 Å². The first-order chi connectivity index (χ1) is 10.9. The molecule has 2 saturated heterocycles. The molecule has 2 fully saturated rings. The van der Waals surface area contributed by atoms with Gasteiger partial charge in [-0.1, -0.05) is 0 Å². The van der Waals surface area contributed by atoms with Gasteiger partial charge in [0.15, 0.2) is 5.65 Å². The minimum atomic E-state index is -4.59. The van der Waals surface area contributed by atoms with Crippen LogP contribution in [0.3, 0.4) is 0 Å². The lowest BCUT2D eigenvalue weighted by Crippen LogP contribution is -2.48. The fourth-order valence-electron chi connectivity index (χ4n) is 3.17. The number of hydrogen-bond acceptors (Lipinski definition) is 6. The van der Waals surface area contributed by atoms with Crippen molar-refractivity contribution in [1.82, 2.24) is 24.7 Å². The SMILES string of the molecule is CN1CCOC2CN(c3ccc4nnc(C(F)(F)F)n4n3)CC21. The summed E-state index contributed by atoms with van der Waals surface area (Å²) >= 11 is 0. The second-order valence-electron chi connectivity index (χ2n) is 5.85. The molecule has 7 nitrogen and oxygen atoms in total. The van der Waals surface area contributed by atoms with Crippen molar-refractivity contribution in [2.24, 2.45) is 0 Å². The van der Waals surface area contributed by atoms with Crippen LogP contribution in [0.25, 0.3) is 5.65 Å². The number of alkyl halides is 3. The number of ether oxygens (including phenoxy) is 1. The number of aromatic nitrogens is 4. The summed E-state index contributed by atoms with van der Waals surface area (Å²) in [6.45, 7) is 2.80. The topological polar surface area (TPSA) is 58.8 Å². The van der Waals surface area contributed by atoms with Gasteiger partial charge in [-0.05, 0) is 19.2 Å². The van der Waals surface area contributed by atoms with Crippen molar-refractivity contribution in [2.45, 2.75) is 18.3 Å². The highest BCUT2D eigenvalue weighted by Gasteiger charge is 2.40. The van der Waals surface area contributed by atoms with Crippen LogP contribution >= 0.6 is 0 Å². The van der Waals surface area contributed by atoms with Gasteiger partial charge in [0.05, 0.1) is 18.8 Å². The molecule has 124 valence electrons. The lowest BCUT2D eigenvalue weighted by molar-refractivity contribution is -0.146. The average Bonchev–Trinajstić information content (AvgIpc) is 3.10. The van der Waals surface area contributed by atoms with Gasteiger partial charge in [-0.15, -0.1) is 15.3 Å². The number of hydrogen-bond donors (Lipinski definition) is 0. The van der Waals surface area contributed by atoms with Gasteiger partial charge in [0.25, 0.3) is 5.82 Å². The predicted molar refractivity (Wildman–Crippen MR) is 74.2 cm³/mol. The van der Waals surface area contributed by atoms with E-state index >= 15 is 0 Å². The number of morpholine rings is 1. The van der Waals surface area contributed by atoms with Gasteiger partial charge in [-0.3, -0.25) is 4.90 Å². The molecule has 2 aliphatic rings. The fourth-order valence-corrected chi connectivity index (χ4v) is 3.17. The summed E-state index contributed by atoms with van der Waals surface area (Å²) in [6.07, 6.45) is -4.54. The van der Waals surface area contributed by atoms with Crippen molar-refractivity contribution < 1.29 is 17.9 Å². The quantitative estimate of drug-likeness (QED) is 0.767. The van der Waals surface area contributed by atoms with Gasteiger partial charge in [0.2, 0.25) is 0 Å². The molecule has 23 heavy (non-hydrogen) atoms. The smallest absolute Gasteiger partial charge is 0.373 e. The molecule has 2 aromatic rings. The van der Waals surface area contributed by atoms with Crippen molar-refractivity contribution in [3.8, 4) is 0 Å². The maximum absolute atomic E-state index is 12.9. The predicted octanol–water partition coefficient (Wildman–Crippen LogP) is 0.662. The molecule has 2 unspecified atom stereocenters. The second kappa shape index (κ2) is 5.03. The Kier molecular flexibility index (Phi) is 3.20. The first kappa shape index (κ1) is 14.6. The molecule has 0 saturated carbocycles. The zero-order chi connectivity index (χ0) is 16.2. The van der Waals surface area contributed by atoms with E-state index in [9.17, 15) is 13.2 Å². The summed E-state index contributed by atoms with van der Waals surface area (Å²) < 4.78 is 45.4. The number of rotatable bonds is 1. The van der Waals surface area contributed by atoms with Gasteiger partial charge in [-0.2, -0.15) is 17.7 Å². The zero-order valence-corrected chi connectivity index (χ0v) is 12.4. The molecule has 2 aromatic heterocycles. The third-order valence-electron chi connectivity index (χ3n) is 4.41. The molecular weight excluding hydrogens is 313 g/mol. The van der Waals surface area contributed by atoms with Gasteiger partial charge in [0, 0.05) is 19.6 Å². The van der Waals surface area contributed by atoms with Crippen LogP contribution in [0.5, 0.6) is 0 Å². The summed E-state index contributed by atoms with van der Waals surface area (Å²) in [5.41, 5.74) is 0.0751. The molecule has 0 aromatic carbocycles. The van der Waals surface area contributed by atoms with Gasteiger partial charge >= 0.3 is 6.18 Å². The van der Waals surface area contributed by atoms with Gasteiger partial charge < -0.3 is 9.64 Å². The molecule has 0 aliphatic carbocycles. The molecule has 2 atom stereocenters. The van der Waals surface area contributed by atoms with Crippen molar-refractivity contribution in [3.05, 3.63) is 18.0 Å². The van der Waals surface area contributed by atoms with E-state index in [2.05, 4.69) is 20.2 Å². The summed E-state index contributed by atoms with van der Waals surface area (Å²) in [5, 5.41) is 10.8. The molecular formula is C13H15F3N6O. The third kappa shape index (κ3) is 2.41. The van der Waals surface area contributed by atoms with Crippen LogP contribution in [0, 0.1) is 0 Å². The molecule has 4 rings (SSSR count). The van der Waals surface area contributed by atoms with E-state index in [4.69, 9.17) is 4.74 Å². The summed E-state index contributed by atoms with van der Waals surface area (Å²) in [4.78, 5) is 4.16. The number of likely N-dealkylation sites (N-methyl/N-ethyl adjacent to an activating group) is 1. The molecule has 10 heteroatoms. The molecule has 0 bridgehead atoms. The van der Waals surface area contributed by atoms with Crippen molar-refractivity contribution in [3.63, 3.8) is 0 Å². The monoisotopic (exact) mass is 328 g/mol. The van der Waals surface area contributed by atoms with E-state index in [1.54, 1.807) is 6.07 Å².